The van der Waals surface area contributed by atoms with Crippen LogP contribution < -0.4 is 4.90 Å². The molecule has 0 saturated carbocycles. The first kappa shape index (κ1) is 20.5. The summed E-state index contributed by atoms with van der Waals surface area (Å²) in [6, 6.07) is 0. The van der Waals surface area contributed by atoms with E-state index in [1.807, 2.05) is 27.5 Å². The van der Waals surface area contributed by atoms with E-state index in [0.717, 1.165) is 6.92 Å². The van der Waals surface area contributed by atoms with Crippen molar-refractivity contribution in [2.24, 2.45) is 5.92 Å². The molecule has 5 nitrogen and oxygen atoms in total. The first-order chi connectivity index (χ1) is 11.7. The molecule has 1 aromatic heterocycles. The number of ether oxygens (including phenoxy) is 1. The molecule has 1 fully saturated rings. The lowest BCUT2D eigenvalue weighted by Crippen LogP contribution is -2.38. The van der Waals surface area contributed by atoms with E-state index in [0.29, 0.717) is 47.8 Å². The number of alkyl halides is 2. The lowest BCUT2D eigenvalue weighted by molar-refractivity contribution is -0.148. The molecule has 0 unspecified atom stereocenters. The molecule has 0 bridgehead atoms. The van der Waals surface area contributed by atoms with Crippen LogP contribution in [-0.4, -0.2) is 41.6 Å². The van der Waals surface area contributed by atoms with Crippen LogP contribution in [0.25, 0.3) is 0 Å². The Kier molecular flexibility index (Phi) is 7.19. The highest BCUT2D eigenvalue weighted by Gasteiger charge is 2.29. The molecule has 1 aromatic rings. The number of rotatable bonds is 6. The predicted octanol–water partition coefficient (Wildman–Crippen LogP) is 4.10. The average Bonchev–Trinajstić information content (AvgIpc) is 2.53. The van der Waals surface area contributed by atoms with E-state index in [2.05, 4.69) is 9.97 Å². The first-order valence-electron chi connectivity index (χ1n) is 8.22. The number of aromatic nitrogens is 2. The van der Waals surface area contributed by atoms with Crippen LogP contribution >= 0.6 is 34.2 Å². The molecule has 1 aliphatic heterocycles. The van der Waals surface area contributed by atoms with Crippen molar-refractivity contribution < 1.29 is 18.3 Å². The van der Waals surface area contributed by atoms with Gasteiger partial charge >= 0.3 is 5.97 Å². The lowest BCUT2D eigenvalue weighted by Gasteiger charge is -2.32. The number of hydrogen-bond acceptors (Lipinski definition) is 5. The molecule has 0 amide bonds. The van der Waals surface area contributed by atoms with Gasteiger partial charge < -0.3 is 9.64 Å². The fraction of sp³-hybridized carbons (Fsp3) is 0.688. The minimum Gasteiger partial charge on any atom is -0.466 e. The summed E-state index contributed by atoms with van der Waals surface area (Å²) < 4.78 is 31.8. The third-order valence-corrected chi connectivity index (χ3v) is 5.19. The van der Waals surface area contributed by atoms with Gasteiger partial charge in [-0.15, -0.1) is 0 Å². The summed E-state index contributed by atoms with van der Waals surface area (Å²) >= 11 is 8.18. The van der Waals surface area contributed by atoms with E-state index in [9.17, 15) is 13.6 Å². The van der Waals surface area contributed by atoms with Gasteiger partial charge in [0.1, 0.15) is 3.70 Å². The number of anilines is 1. The van der Waals surface area contributed by atoms with Gasteiger partial charge in [0.25, 0.3) is 0 Å². The van der Waals surface area contributed by atoms with E-state index in [-0.39, 0.29) is 29.9 Å². The Morgan fingerprint density at radius 1 is 1.40 bits per heavy atom. The normalized spacial score (nSPS) is 16.2. The van der Waals surface area contributed by atoms with Crippen LogP contribution in [0.3, 0.4) is 0 Å². The van der Waals surface area contributed by atoms with E-state index in [4.69, 9.17) is 16.3 Å². The third-order valence-electron chi connectivity index (χ3n) is 4.08. The minimum absolute atomic E-state index is 0.120. The Morgan fingerprint density at radius 3 is 2.60 bits per heavy atom. The van der Waals surface area contributed by atoms with Gasteiger partial charge in [-0.3, -0.25) is 4.79 Å². The molecule has 9 heteroatoms. The second-order valence-electron chi connectivity index (χ2n) is 6.16. The van der Waals surface area contributed by atoms with Crippen molar-refractivity contribution in [1.29, 1.82) is 0 Å². The van der Waals surface area contributed by atoms with Crippen molar-refractivity contribution in [2.75, 3.05) is 24.6 Å². The second-order valence-corrected chi connectivity index (χ2v) is 7.54. The zero-order valence-corrected chi connectivity index (χ0v) is 17.1. The van der Waals surface area contributed by atoms with Crippen LogP contribution in [0.5, 0.6) is 0 Å². The van der Waals surface area contributed by atoms with E-state index in [1.165, 1.54) is 0 Å². The molecule has 0 atom stereocenters. The smallest absolute Gasteiger partial charge is 0.309 e. The van der Waals surface area contributed by atoms with Crippen molar-refractivity contribution in [1.82, 2.24) is 9.97 Å². The fourth-order valence-electron chi connectivity index (χ4n) is 2.71. The van der Waals surface area contributed by atoms with Gasteiger partial charge in [-0.25, -0.2) is 18.7 Å². The number of piperidine rings is 1. The second kappa shape index (κ2) is 8.75. The number of nitrogens with zero attached hydrogens (tertiary/aromatic N) is 3. The average molecular weight is 488 g/mol. The van der Waals surface area contributed by atoms with Crippen LogP contribution in [0, 0.1) is 9.62 Å². The van der Waals surface area contributed by atoms with E-state index >= 15 is 0 Å². The minimum atomic E-state index is -2.75. The molecule has 1 saturated heterocycles. The maximum Gasteiger partial charge on any atom is 0.309 e. The van der Waals surface area contributed by atoms with Crippen molar-refractivity contribution in [3.05, 3.63) is 14.5 Å². The maximum absolute atomic E-state index is 13.1. The summed E-state index contributed by atoms with van der Waals surface area (Å²) in [4.78, 5) is 22.5. The summed E-state index contributed by atoms with van der Waals surface area (Å²) in [6.07, 6.45) is 1.14. The van der Waals surface area contributed by atoms with Gasteiger partial charge in [0.05, 0.1) is 18.2 Å². The van der Waals surface area contributed by atoms with Crippen LogP contribution in [0.1, 0.15) is 38.8 Å². The Morgan fingerprint density at radius 2 is 2.04 bits per heavy atom. The zero-order chi connectivity index (χ0) is 18.6. The van der Waals surface area contributed by atoms with Gasteiger partial charge in [-0.2, -0.15) is 0 Å². The largest absolute Gasteiger partial charge is 0.466 e. The van der Waals surface area contributed by atoms with Crippen molar-refractivity contribution in [3.8, 4) is 0 Å². The third kappa shape index (κ3) is 5.87. The Bertz CT molecular complexity index is 620. The van der Waals surface area contributed by atoms with Gasteiger partial charge in [0.2, 0.25) is 5.92 Å². The fourth-order valence-corrected chi connectivity index (χ4v) is 3.73. The summed E-state index contributed by atoms with van der Waals surface area (Å²) in [7, 11) is 0. The molecule has 0 radical (unpaired) electrons. The predicted molar refractivity (Wildman–Crippen MR) is 100 cm³/mol. The van der Waals surface area contributed by atoms with Crippen molar-refractivity contribution in [2.45, 2.75) is 45.5 Å². The van der Waals surface area contributed by atoms with Gasteiger partial charge in [0, 0.05) is 19.5 Å². The lowest BCUT2D eigenvalue weighted by atomic mass is 9.97. The molecule has 140 valence electrons. The van der Waals surface area contributed by atoms with Gasteiger partial charge in [-0.1, -0.05) is 11.6 Å². The molecule has 0 aromatic carbocycles. The highest BCUT2D eigenvalue weighted by Crippen LogP contribution is 2.30. The molecular weight excluding hydrogens is 467 g/mol. The van der Waals surface area contributed by atoms with Crippen molar-refractivity contribution in [3.63, 3.8) is 0 Å². The molecule has 2 heterocycles. The highest BCUT2D eigenvalue weighted by atomic mass is 127. The standard InChI is InChI=1S/C16H21ClF2IN3O2/c1-3-25-15(24)10-5-8-23(9-6-10)14-12(17)22-13(20)11(21-14)4-7-16(2,18)19/h10H,3-9H2,1-2H3. The maximum atomic E-state index is 13.1. The summed E-state index contributed by atoms with van der Waals surface area (Å²) in [6.45, 7) is 4.25. The number of aryl methyl sites for hydroxylation is 1. The molecule has 0 aliphatic carbocycles. The Labute approximate surface area is 164 Å². The topological polar surface area (TPSA) is 55.3 Å². The monoisotopic (exact) mass is 487 g/mol. The summed E-state index contributed by atoms with van der Waals surface area (Å²) in [5, 5.41) is 0.256. The number of hydrogen-bond donors (Lipinski definition) is 0. The number of carbonyl (C=O) groups is 1. The molecule has 0 spiro atoms. The highest BCUT2D eigenvalue weighted by molar-refractivity contribution is 14.1. The zero-order valence-electron chi connectivity index (χ0n) is 14.2. The number of esters is 1. The Balaban J connectivity index is 2.08. The number of carbonyl (C=O) groups excluding carboxylic acids is 1. The SMILES string of the molecule is CCOC(=O)C1CCN(c2nc(CCC(C)(F)F)c(I)nc2Cl)CC1. The van der Waals surface area contributed by atoms with Crippen LogP contribution in [0.15, 0.2) is 0 Å². The molecule has 2 rings (SSSR count). The van der Waals surface area contributed by atoms with Crippen LogP contribution in [0.4, 0.5) is 14.6 Å². The molecule has 0 N–H and O–H groups in total. The summed E-state index contributed by atoms with van der Waals surface area (Å²) in [5.41, 5.74) is 0.522. The van der Waals surface area contributed by atoms with Gasteiger partial charge in [0.15, 0.2) is 11.0 Å². The Hall–Kier alpha value is -0.770. The van der Waals surface area contributed by atoms with Crippen LogP contribution in [0.2, 0.25) is 5.15 Å². The van der Waals surface area contributed by atoms with Crippen molar-refractivity contribution >= 4 is 46.0 Å². The summed E-state index contributed by atoms with van der Waals surface area (Å²) in [5.74, 6) is -2.54. The van der Waals surface area contributed by atoms with Crippen LogP contribution in [-0.2, 0) is 16.0 Å². The molecule has 1 aliphatic rings. The number of halogens is 4. The first-order valence-corrected chi connectivity index (χ1v) is 9.68. The van der Waals surface area contributed by atoms with E-state index in [1.54, 1.807) is 6.92 Å². The molecular formula is C16H21ClF2IN3O2. The quantitative estimate of drug-likeness (QED) is 0.447. The molecule has 25 heavy (non-hydrogen) atoms. The van der Waals surface area contributed by atoms with E-state index < -0.39 is 5.92 Å². The van der Waals surface area contributed by atoms with Gasteiger partial charge in [-0.05, 0) is 55.7 Å².